The minimum absolute atomic E-state index is 0.0449. The highest BCUT2D eigenvalue weighted by atomic mass is 16.3. The van der Waals surface area contributed by atoms with Crippen LogP contribution in [-0.2, 0) is 0 Å². The normalized spacial score (nSPS) is 13.0. The van der Waals surface area contributed by atoms with Crippen molar-refractivity contribution in [1.82, 2.24) is 14.7 Å². The zero-order valence-corrected chi connectivity index (χ0v) is 9.28. The fourth-order valence-corrected chi connectivity index (χ4v) is 1.50. The standard InChI is InChI=1S/C10H17N3O3/c1-9(12(5-7-14)6-8-15)10(16)13-4-2-3-11-13/h2-4,9,14-15H,5-8H2,1H3. The molecule has 0 aromatic carbocycles. The van der Waals surface area contributed by atoms with Gasteiger partial charge in [0.25, 0.3) is 5.91 Å². The first-order chi connectivity index (χ1) is 7.70. The van der Waals surface area contributed by atoms with Gasteiger partial charge in [0.1, 0.15) is 0 Å². The molecule has 16 heavy (non-hydrogen) atoms. The van der Waals surface area contributed by atoms with Crippen LogP contribution < -0.4 is 0 Å². The third-order valence-electron chi connectivity index (χ3n) is 2.41. The molecular weight excluding hydrogens is 210 g/mol. The van der Waals surface area contributed by atoms with Gasteiger partial charge in [-0.1, -0.05) is 0 Å². The summed E-state index contributed by atoms with van der Waals surface area (Å²) in [6.07, 6.45) is 3.11. The van der Waals surface area contributed by atoms with E-state index in [-0.39, 0.29) is 19.1 Å². The molecule has 6 nitrogen and oxygen atoms in total. The molecule has 1 rings (SSSR count). The van der Waals surface area contributed by atoms with Crippen molar-refractivity contribution >= 4 is 5.91 Å². The largest absolute Gasteiger partial charge is 0.395 e. The third-order valence-corrected chi connectivity index (χ3v) is 2.41. The average molecular weight is 227 g/mol. The molecule has 90 valence electrons. The van der Waals surface area contributed by atoms with Crippen LogP contribution in [0.1, 0.15) is 11.7 Å². The van der Waals surface area contributed by atoms with E-state index in [2.05, 4.69) is 5.10 Å². The van der Waals surface area contributed by atoms with Crippen molar-refractivity contribution in [2.45, 2.75) is 13.0 Å². The minimum atomic E-state index is -0.417. The van der Waals surface area contributed by atoms with Crippen LogP contribution in [0, 0.1) is 0 Å². The Labute approximate surface area is 94.1 Å². The predicted molar refractivity (Wildman–Crippen MR) is 58.1 cm³/mol. The van der Waals surface area contributed by atoms with E-state index >= 15 is 0 Å². The molecule has 0 aliphatic carbocycles. The second-order valence-corrected chi connectivity index (χ2v) is 3.45. The Morgan fingerprint density at radius 1 is 1.44 bits per heavy atom. The fourth-order valence-electron chi connectivity index (χ4n) is 1.50. The summed E-state index contributed by atoms with van der Waals surface area (Å²) in [5, 5.41) is 21.6. The summed E-state index contributed by atoms with van der Waals surface area (Å²) in [6.45, 7) is 2.35. The van der Waals surface area contributed by atoms with Gasteiger partial charge in [-0.2, -0.15) is 5.10 Å². The van der Waals surface area contributed by atoms with Crippen molar-refractivity contribution in [3.63, 3.8) is 0 Å². The molecule has 0 saturated carbocycles. The Bertz CT molecular complexity index is 307. The Kier molecular flexibility index (Phi) is 5.10. The van der Waals surface area contributed by atoms with E-state index in [1.165, 1.54) is 10.9 Å². The summed E-state index contributed by atoms with van der Waals surface area (Å²) in [7, 11) is 0. The highest BCUT2D eigenvalue weighted by Crippen LogP contribution is 2.01. The number of aromatic nitrogens is 2. The Balaban J connectivity index is 2.66. The first-order valence-corrected chi connectivity index (χ1v) is 5.20. The first kappa shape index (κ1) is 12.8. The molecule has 0 fully saturated rings. The van der Waals surface area contributed by atoms with Gasteiger partial charge >= 0.3 is 0 Å². The lowest BCUT2D eigenvalue weighted by Gasteiger charge is -2.26. The summed E-state index contributed by atoms with van der Waals surface area (Å²) >= 11 is 0. The van der Waals surface area contributed by atoms with Crippen molar-refractivity contribution in [2.75, 3.05) is 26.3 Å². The number of carbonyl (C=O) groups is 1. The number of carbonyl (C=O) groups excluding carboxylic acids is 1. The quantitative estimate of drug-likeness (QED) is 0.665. The molecule has 0 aliphatic rings. The zero-order chi connectivity index (χ0) is 12.0. The van der Waals surface area contributed by atoms with E-state index in [1.807, 2.05) is 0 Å². The highest BCUT2D eigenvalue weighted by molar-refractivity contribution is 5.82. The number of aliphatic hydroxyl groups is 2. The summed E-state index contributed by atoms with van der Waals surface area (Å²) in [5.41, 5.74) is 0. The van der Waals surface area contributed by atoms with E-state index in [4.69, 9.17) is 10.2 Å². The Hall–Kier alpha value is -1.24. The predicted octanol–water partition coefficient (Wildman–Crippen LogP) is -0.802. The van der Waals surface area contributed by atoms with E-state index in [1.54, 1.807) is 24.1 Å². The molecule has 0 aliphatic heterocycles. The molecule has 0 spiro atoms. The van der Waals surface area contributed by atoms with Gasteiger partial charge in [-0.25, -0.2) is 4.68 Å². The maximum absolute atomic E-state index is 11.9. The van der Waals surface area contributed by atoms with Crippen LogP contribution in [0.2, 0.25) is 0 Å². The van der Waals surface area contributed by atoms with Crippen LogP contribution in [0.5, 0.6) is 0 Å². The van der Waals surface area contributed by atoms with E-state index < -0.39 is 6.04 Å². The van der Waals surface area contributed by atoms with Gasteiger partial charge in [-0.15, -0.1) is 0 Å². The van der Waals surface area contributed by atoms with Gasteiger partial charge in [-0.3, -0.25) is 9.69 Å². The van der Waals surface area contributed by atoms with Crippen molar-refractivity contribution in [3.8, 4) is 0 Å². The topological polar surface area (TPSA) is 78.6 Å². The fraction of sp³-hybridized carbons (Fsp3) is 0.600. The second-order valence-electron chi connectivity index (χ2n) is 3.45. The SMILES string of the molecule is CC(C(=O)n1cccn1)N(CCO)CCO. The first-order valence-electron chi connectivity index (χ1n) is 5.20. The monoisotopic (exact) mass is 227 g/mol. The molecule has 0 amide bonds. The maximum Gasteiger partial charge on any atom is 0.263 e. The molecule has 2 N–H and O–H groups in total. The van der Waals surface area contributed by atoms with Crippen LogP contribution in [0.15, 0.2) is 18.5 Å². The number of rotatable bonds is 6. The van der Waals surface area contributed by atoms with Crippen LogP contribution in [-0.4, -0.2) is 63.1 Å². The molecule has 1 heterocycles. The van der Waals surface area contributed by atoms with E-state index in [9.17, 15) is 4.79 Å². The van der Waals surface area contributed by atoms with Crippen molar-refractivity contribution in [2.24, 2.45) is 0 Å². The van der Waals surface area contributed by atoms with Crippen LogP contribution in [0.3, 0.4) is 0 Å². The Morgan fingerprint density at radius 3 is 2.50 bits per heavy atom. The average Bonchev–Trinajstić information content (AvgIpc) is 2.80. The van der Waals surface area contributed by atoms with Crippen LogP contribution >= 0.6 is 0 Å². The lowest BCUT2D eigenvalue weighted by atomic mass is 10.2. The van der Waals surface area contributed by atoms with Crippen molar-refractivity contribution < 1.29 is 15.0 Å². The number of nitrogens with zero attached hydrogens (tertiary/aromatic N) is 3. The van der Waals surface area contributed by atoms with Crippen molar-refractivity contribution in [1.29, 1.82) is 0 Å². The summed E-state index contributed by atoms with van der Waals surface area (Å²) < 4.78 is 1.26. The lowest BCUT2D eigenvalue weighted by Crippen LogP contribution is -2.44. The van der Waals surface area contributed by atoms with Gasteiger partial charge in [0.2, 0.25) is 0 Å². The number of hydrogen-bond donors (Lipinski definition) is 2. The zero-order valence-electron chi connectivity index (χ0n) is 9.28. The molecule has 1 unspecified atom stereocenters. The smallest absolute Gasteiger partial charge is 0.263 e. The van der Waals surface area contributed by atoms with Gasteiger partial charge in [0.15, 0.2) is 0 Å². The van der Waals surface area contributed by atoms with Crippen LogP contribution in [0.4, 0.5) is 0 Å². The number of aliphatic hydroxyl groups excluding tert-OH is 2. The highest BCUT2D eigenvalue weighted by Gasteiger charge is 2.21. The molecule has 1 atom stereocenters. The minimum Gasteiger partial charge on any atom is -0.395 e. The van der Waals surface area contributed by atoms with E-state index in [0.717, 1.165) is 0 Å². The van der Waals surface area contributed by atoms with E-state index in [0.29, 0.717) is 13.1 Å². The molecule has 6 heteroatoms. The van der Waals surface area contributed by atoms with Gasteiger partial charge in [0, 0.05) is 25.5 Å². The Morgan fingerprint density at radius 2 is 2.06 bits per heavy atom. The van der Waals surface area contributed by atoms with Gasteiger partial charge in [-0.05, 0) is 13.0 Å². The molecule has 1 aromatic heterocycles. The molecule has 1 aromatic rings. The van der Waals surface area contributed by atoms with Crippen molar-refractivity contribution in [3.05, 3.63) is 18.5 Å². The summed E-state index contributed by atoms with van der Waals surface area (Å²) in [6, 6.07) is 1.26. The lowest BCUT2D eigenvalue weighted by molar-refractivity contribution is 0.0670. The summed E-state index contributed by atoms with van der Waals surface area (Å²) in [5.74, 6) is -0.174. The van der Waals surface area contributed by atoms with Gasteiger partial charge in [0.05, 0.1) is 19.3 Å². The second kappa shape index (κ2) is 6.37. The molecule has 0 saturated heterocycles. The summed E-state index contributed by atoms with van der Waals surface area (Å²) in [4.78, 5) is 13.6. The van der Waals surface area contributed by atoms with Crippen LogP contribution in [0.25, 0.3) is 0 Å². The molecule has 0 radical (unpaired) electrons. The number of hydrogen-bond acceptors (Lipinski definition) is 5. The molecular formula is C10H17N3O3. The molecule has 0 bridgehead atoms. The van der Waals surface area contributed by atoms with Gasteiger partial charge < -0.3 is 10.2 Å². The maximum atomic E-state index is 11.9. The third kappa shape index (κ3) is 3.13.